The minimum absolute atomic E-state index is 0.294. The minimum Gasteiger partial charge on any atom is -0.396 e. The van der Waals surface area contributed by atoms with Gasteiger partial charge in [-0.3, -0.25) is 4.90 Å². The summed E-state index contributed by atoms with van der Waals surface area (Å²) in [6.07, 6.45) is 3.45. The van der Waals surface area contributed by atoms with Crippen LogP contribution in [0.15, 0.2) is 30.3 Å². The first-order valence-corrected chi connectivity index (χ1v) is 7.46. The lowest BCUT2D eigenvalue weighted by Gasteiger charge is -2.32. The molecule has 106 valence electrons. The second-order valence-electron chi connectivity index (χ2n) is 5.49. The lowest BCUT2D eigenvalue weighted by atomic mass is 9.96. The highest BCUT2D eigenvalue weighted by atomic mass is 16.3. The van der Waals surface area contributed by atoms with Crippen LogP contribution in [-0.2, 0) is 6.54 Å². The Morgan fingerprint density at radius 2 is 1.89 bits per heavy atom. The zero-order valence-electron chi connectivity index (χ0n) is 11.7. The van der Waals surface area contributed by atoms with Crippen molar-refractivity contribution in [3.05, 3.63) is 35.9 Å². The Hall–Kier alpha value is -0.900. The molecule has 2 N–H and O–H groups in total. The van der Waals surface area contributed by atoms with Gasteiger partial charge in [0.05, 0.1) is 0 Å². The molecule has 2 rings (SSSR count). The van der Waals surface area contributed by atoms with Crippen molar-refractivity contribution in [2.45, 2.75) is 25.8 Å². The van der Waals surface area contributed by atoms with Crippen LogP contribution in [0.3, 0.4) is 0 Å². The highest BCUT2D eigenvalue weighted by molar-refractivity contribution is 5.14. The molecule has 0 radical (unpaired) electrons. The van der Waals surface area contributed by atoms with E-state index < -0.39 is 0 Å². The number of rotatable bonds is 7. The molecule has 0 aromatic heterocycles. The van der Waals surface area contributed by atoms with E-state index in [1.165, 1.54) is 31.5 Å². The largest absolute Gasteiger partial charge is 0.396 e. The van der Waals surface area contributed by atoms with Gasteiger partial charge < -0.3 is 10.4 Å². The van der Waals surface area contributed by atoms with E-state index in [4.69, 9.17) is 5.11 Å². The van der Waals surface area contributed by atoms with Crippen molar-refractivity contribution in [1.29, 1.82) is 0 Å². The monoisotopic (exact) mass is 262 g/mol. The molecule has 1 heterocycles. The van der Waals surface area contributed by atoms with Gasteiger partial charge in [-0.2, -0.15) is 0 Å². The van der Waals surface area contributed by atoms with E-state index in [0.29, 0.717) is 6.61 Å². The van der Waals surface area contributed by atoms with Crippen LogP contribution in [0.1, 0.15) is 24.8 Å². The number of aliphatic hydroxyl groups is 1. The molecule has 19 heavy (non-hydrogen) atoms. The van der Waals surface area contributed by atoms with Crippen LogP contribution < -0.4 is 5.32 Å². The molecule has 1 aliphatic rings. The normalized spacial score (nSPS) is 17.7. The Labute approximate surface area is 116 Å². The molecule has 1 saturated heterocycles. The number of piperidine rings is 1. The van der Waals surface area contributed by atoms with Crippen molar-refractivity contribution < 1.29 is 5.11 Å². The Morgan fingerprint density at radius 1 is 1.16 bits per heavy atom. The van der Waals surface area contributed by atoms with Gasteiger partial charge in [-0.25, -0.2) is 0 Å². The van der Waals surface area contributed by atoms with Gasteiger partial charge in [0.15, 0.2) is 0 Å². The fourth-order valence-electron chi connectivity index (χ4n) is 2.70. The van der Waals surface area contributed by atoms with Crippen molar-refractivity contribution >= 4 is 0 Å². The van der Waals surface area contributed by atoms with E-state index in [1.54, 1.807) is 0 Å². The smallest absolute Gasteiger partial charge is 0.0443 e. The summed E-state index contributed by atoms with van der Waals surface area (Å²) in [6, 6.07) is 10.7. The fourth-order valence-corrected chi connectivity index (χ4v) is 2.70. The summed E-state index contributed by atoms with van der Waals surface area (Å²) in [4.78, 5) is 2.56. The second-order valence-corrected chi connectivity index (χ2v) is 5.49. The van der Waals surface area contributed by atoms with Gasteiger partial charge in [-0.15, -0.1) is 0 Å². The summed E-state index contributed by atoms with van der Waals surface area (Å²) in [6.45, 7) is 5.86. The van der Waals surface area contributed by atoms with Gasteiger partial charge >= 0.3 is 0 Å². The molecule has 0 atom stereocenters. The van der Waals surface area contributed by atoms with E-state index in [0.717, 1.165) is 32.0 Å². The van der Waals surface area contributed by atoms with Crippen LogP contribution in [-0.4, -0.2) is 42.8 Å². The predicted molar refractivity (Wildman–Crippen MR) is 79.0 cm³/mol. The van der Waals surface area contributed by atoms with Gasteiger partial charge in [0.1, 0.15) is 0 Å². The Kier molecular flexibility index (Phi) is 6.34. The minimum atomic E-state index is 0.294. The zero-order valence-corrected chi connectivity index (χ0v) is 11.7. The van der Waals surface area contributed by atoms with Crippen molar-refractivity contribution in [2.24, 2.45) is 5.92 Å². The maximum absolute atomic E-state index is 8.73. The summed E-state index contributed by atoms with van der Waals surface area (Å²) >= 11 is 0. The Morgan fingerprint density at radius 3 is 2.58 bits per heavy atom. The quantitative estimate of drug-likeness (QED) is 0.736. The van der Waals surface area contributed by atoms with E-state index >= 15 is 0 Å². The first kappa shape index (κ1) is 14.5. The summed E-state index contributed by atoms with van der Waals surface area (Å²) in [5.74, 6) is 0.811. The van der Waals surface area contributed by atoms with Crippen LogP contribution in [0.2, 0.25) is 0 Å². The molecular weight excluding hydrogens is 236 g/mol. The maximum atomic E-state index is 8.73. The molecule has 3 nitrogen and oxygen atoms in total. The summed E-state index contributed by atoms with van der Waals surface area (Å²) in [5.41, 5.74) is 1.42. The molecule has 0 spiro atoms. The van der Waals surface area contributed by atoms with Gasteiger partial charge in [-0.05, 0) is 56.9 Å². The lowest BCUT2D eigenvalue weighted by molar-refractivity contribution is 0.175. The van der Waals surface area contributed by atoms with Gasteiger partial charge in [-0.1, -0.05) is 30.3 Å². The molecular formula is C16H26N2O. The topological polar surface area (TPSA) is 35.5 Å². The zero-order chi connectivity index (χ0) is 13.3. The maximum Gasteiger partial charge on any atom is 0.0443 e. The first-order chi connectivity index (χ1) is 9.38. The van der Waals surface area contributed by atoms with Crippen LogP contribution in [0.4, 0.5) is 0 Å². The highest BCUT2D eigenvalue weighted by Crippen LogP contribution is 2.18. The second kappa shape index (κ2) is 8.31. The average Bonchev–Trinajstić information content (AvgIpc) is 2.46. The van der Waals surface area contributed by atoms with Crippen molar-refractivity contribution in [3.63, 3.8) is 0 Å². The number of nitrogens with one attached hydrogen (secondary N) is 1. The third-order valence-electron chi connectivity index (χ3n) is 3.90. The molecule has 3 heteroatoms. The molecule has 1 aromatic carbocycles. The SMILES string of the molecule is OCCCNCC1CCN(Cc2ccccc2)CC1. The Bertz CT molecular complexity index is 334. The number of hydrogen-bond donors (Lipinski definition) is 2. The third kappa shape index (κ3) is 5.31. The number of nitrogens with zero attached hydrogens (tertiary/aromatic N) is 1. The summed E-state index contributed by atoms with van der Waals surface area (Å²) in [5, 5.41) is 12.2. The van der Waals surface area contributed by atoms with Gasteiger partial charge in [0.2, 0.25) is 0 Å². The summed E-state index contributed by atoms with van der Waals surface area (Å²) < 4.78 is 0. The number of benzene rings is 1. The first-order valence-electron chi connectivity index (χ1n) is 7.46. The van der Waals surface area contributed by atoms with Crippen molar-refractivity contribution in [3.8, 4) is 0 Å². The molecule has 0 unspecified atom stereocenters. The van der Waals surface area contributed by atoms with Crippen LogP contribution in [0, 0.1) is 5.92 Å². The third-order valence-corrected chi connectivity index (χ3v) is 3.90. The molecule has 0 amide bonds. The molecule has 1 fully saturated rings. The van der Waals surface area contributed by atoms with Crippen LogP contribution in [0.5, 0.6) is 0 Å². The van der Waals surface area contributed by atoms with Gasteiger partial charge in [0, 0.05) is 13.2 Å². The van der Waals surface area contributed by atoms with Crippen LogP contribution in [0.25, 0.3) is 0 Å². The standard InChI is InChI=1S/C16H26N2O/c19-12-4-9-17-13-15-7-10-18(11-8-15)14-16-5-2-1-3-6-16/h1-3,5-6,15,17,19H,4,7-14H2. The number of aliphatic hydroxyl groups excluding tert-OH is 1. The summed E-state index contributed by atoms with van der Waals surface area (Å²) in [7, 11) is 0. The van der Waals surface area contributed by atoms with Crippen molar-refractivity contribution in [2.75, 3.05) is 32.8 Å². The van der Waals surface area contributed by atoms with E-state index in [1.807, 2.05) is 0 Å². The molecule has 1 aliphatic heterocycles. The van der Waals surface area contributed by atoms with E-state index in [-0.39, 0.29) is 0 Å². The Balaban J connectivity index is 1.62. The van der Waals surface area contributed by atoms with E-state index in [2.05, 4.69) is 40.5 Å². The molecule has 0 bridgehead atoms. The van der Waals surface area contributed by atoms with E-state index in [9.17, 15) is 0 Å². The number of likely N-dealkylation sites (tertiary alicyclic amines) is 1. The molecule has 1 aromatic rings. The van der Waals surface area contributed by atoms with Crippen molar-refractivity contribution in [1.82, 2.24) is 10.2 Å². The average molecular weight is 262 g/mol. The molecule has 0 saturated carbocycles. The molecule has 0 aliphatic carbocycles. The van der Waals surface area contributed by atoms with Gasteiger partial charge in [0.25, 0.3) is 0 Å². The predicted octanol–water partition coefficient (Wildman–Crippen LogP) is 1.87. The van der Waals surface area contributed by atoms with Crippen LogP contribution >= 0.6 is 0 Å². The highest BCUT2D eigenvalue weighted by Gasteiger charge is 2.18. The number of hydrogen-bond acceptors (Lipinski definition) is 3. The lowest BCUT2D eigenvalue weighted by Crippen LogP contribution is -2.37. The fraction of sp³-hybridized carbons (Fsp3) is 0.625.